The molecule has 0 aromatic heterocycles. The topological polar surface area (TPSA) is 134 Å². The zero-order valence-electron chi connectivity index (χ0n) is 19.2. The van der Waals surface area contributed by atoms with Crippen molar-refractivity contribution < 1.29 is 27.9 Å². The zero-order chi connectivity index (χ0) is 26.1. The van der Waals surface area contributed by atoms with Crippen LogP contribution in [0.15, 0.2) is 87.3 Å². The molecule has 0 bridgehead atoms. The van der Waals surface area contributed by atoms with Gasteiger partial charge < -0.3 is 9.84 Å². The summed E-state index contributed by atoms with van der Waals surface area (Å²) in [5, 5.41) is 12.7. The van der Waals surface area contributed by atoms with Gasteiger partial charge in [-0.25, -0.2) is 23.4 Å². The third-order valence-electron chi connectivity index (χ3n) is 4.93. The fourth-order valence-corrected chi connectivity index (χ4v) is 4.88. The number of benzene rings is 3. The second-order valence-electron chi connectivity index (χ2n) is 7.77. The predicted octanol–water partition coefficient (Wildman–Crippen LogP) is 3.78. The molecule has 0 heterocycles. The fourth-order valence-electron chi connectivity index (χ4n) is 3.15. The van der Waals surface area contributed by atoms with E-state index in [0.29, 0.717) is 21.3 Å². The van der Waals surface area contributed by atoms with E-state index in [0.717, 1.165) is 5.56 Å². The number of carboxylic acids is 1. The first kappa shape index (κ1) is 27.1. The molecule has 0 aliphatic rings. The summed E-state index contributed by atoms with van der Waals surface area (Å²) in [6.45, 7) is 1.39. The molecule has 36 heavy (non-hydrogen) atoms. The number of sulfonamides is 1. The number of carbonyl (C=O) groups excluding carboxylic acids is 1. The van der Waals surface area contributed by atoms with Crippen LogP contribution >= 0.6 is 15.9 Å². The largest absolute Gasteiger partial charge is 0.481 e. The van der Waals surface area contributed by atoms with Crippen LogP contribution < -0.4 is 14.9 Å². The van der Waals surface area contributed by atoms with E-state index in [9.17, 15) is 18.0 Å². The van der Waals surface area contributed by atoms with Crippen LogP contribution in [0.3, 0.4) is 0 Å². The minimum absolute atomic E-state index is 0.105. The molecular weight excluding hydrogens is 550 g/mol. The molecule has 3 rings (SSSR count). The summed E-state index contributed by atoms with van der Waals surface area (Å²) in [7, 11) is -3.87. The number of carbonyl (C=O) groups is 2. The first-order valence-electron chi connectivity index (χ1n) is 10.7. The monoisotopic (exact) mass is 573 g/mol. The molecule has 3 aromatic rings. The van der Waals surface area contributed by atoms with Gasteiger partial charge in [0.05, 0.1) is 21.6 Å². The molecule has 1 amide bonds. The van der Waals surface area contributed by atoms with E-state index in [4.69, 9.17) is 9.84 Å². The molecule has 0 fully saturated rings. The van der Waals surface area contributed by atoms with E-state index in [-0.39, 0.29) is 11.3 Å². The van der Waals surface area contributed by atoms with Gasteiger partial charge in [0.15, 0.2) is 6.61 Å². The summed E-state index contributed by atoms with van der Waals surface area (Å²) in [6.07, 6.45) is 1.22. The van der Waals surface area contributed by atoms with Crippen LogP contribution in [0.2, 0.25) is 0 Å². The minimum atomic E-state index is -3.87. The van der Waals surface area contributed by atoms with Crippen LogP contribution in [0.25, 0.3) is 0 Å². The van der Waals surface area contributed by atoms with Gasteiger partial charge in [-0.1, -0.05) is 48.0 Å². The Morgan fingerprint density at radius 3 is 2.42 bits per heavy atom. The summed E-state index contributed by atoms with van der Waals surface area (Å²) in [6, 6.07) is 19.3. The number of carboxylic acid groups (broad SMARTS) is 1. The molecule has 0 unspecified atom stereocenters. The van der Waals surface area contributed by atoms with E-state index in [1.54, 1.807) is 60.7 Å². The SMILES string of the molecule is Cc1ccc(S(=O)(=O)N[C@@H](CC(=O)N/N=C\c2ccc(OCC(=O)O)c(Br)c2)c2ccccc2)cc1. The quantitative estimate of drug-likeness (QED) is 0.236. The van der Waals surface area contributed by atoms with Crippen LogP contribution in [0.1, 0.15) is 29.2 Å². The molecule has 0 aliphatic carbocycles. The van der Waals surface area contributed by atoms with E-state index < -0.39 is 34.5 Å². The van der Waals surface area contributed by atoms with E-state index in [1.165, 1.54) is 18.3 Å². The lowest BCUT2D eigenvalue weighted by Gasteiger charge is -2.18. The molecule has 0 aliphatic heterocycles. The second kappa shape index (κ2) is 12.4. The molecular formula is C25H24BrN3O6S. The third-order valence-corrected chi connectivity index (χ3v) is 7.04. The number of aliphatic carboxylic acids is 1. The van der Waals surface area contributed by atoms with Crippen LogP contribution in [0, 0.1) is 6.92 Å². The number of hydrogen-bond donors (Lipinski definition) is 3. The van der Waals surface area contributed by atoms with Crippen LogP contribution in [0.4, 0.5) is 0 Å². The molecule has 11 heteroatoms. The number of nitrogens with one attached hydrogen (secondary N) is 2. The van der Waals surface area contributed by atoms with Gasteiger partial charge >= 0.3 is 5.97 Å². The van der Waals surface area contributed by atoms with Crippen molar-refractivity contribution in [3.8, 4) is 5.75 Å². The predicted molar refractivity (Wildman–Crippen MR) is 138 cm³/mol. The number of nitrogens with zero attached hydrogens (tertiary/aromatic N) is 1. The molecule has 0 saturated carbocycles. The Kier molecular flexibility index (Phi) is 9.34. The van der Waals surface area contributed by atoms with E-state index in [2.05, 4.69) is 31.2 Å². The van der Waals surface area contributed by atoms with Gasteiger partial charge in [-0.15, -0.1) is 0 Å². The lowest BCUT2D eigenvalue weighted by atomic mass is 10.0. The van der Waals surface area contributed by atoms with Crippen molar-refractivity contribution in [3.63, 3.8) is 0 Å². The summed E-state index contributed by atoms with van der Waals surface area (Å²) in [4.78, 5) is 23.4. The highest BCUT2D eigenvalue weighted by molar-refractivity contribution is 9.10. The Bertz CT molecular complexity index is 1350. The second-order valence-corrected chi connectivity index (χ2v) is 10.3. The maximum atomic E-state index is 12.9. The van der Waals surface area contributed by atoms with Crippen molar-refractivity contribution in [1.82, 2.24) is 10.1 Å². The van der Waals surface area contributed by atoms with Gasteiger partial charge in [0.1, 0.15) is 5.75 Å². The number of halogens is 1. The molecule has 1 atom stereocenters. The Morgan fingerprint density at radius 1 is 1.08 bits per heavy atom. The van der Waals surface area contributed by atoms with Gasteiger partial charge in [-0.05, 0) is 64.3 Å². The molecule has 0 radical (unpaired) electrons. The standard InChI is InChI=1S/C25H24BrN3O6S/c1-17-7-10-20(11-8-17)36(33,34)29-22(19-5-3-2-4-6-19)14-24(30)28-27-15-18-9-12-23(21(26)13-18)35-16-25(31)32/h2-13,15,22,29H,14,16H2,1H3,(H,28,30)(H,31,32)/b27-15-/t22-/m0/s1. The minimum Gasteiger partial charge on any atom is -0.481 e. The third kappa shape index (κ3) is 8.01. The van der Waals surface area contributed by atoms with Crippen molar-refractivity contribution in [2.24, 2.45) is 5.10 Å². The van der Waals surface area contributed by atoms with Crippen LogP contribution in [0.5, 0.6) is 5.75 Å². The molecule has 188 valence electrons. The molecule has 3 aromatic carbocycles. The van der Waals surface area contributed by atoms with Crippen molar-refractivity contribution >= 4 is 44.0 Å². The van der Waals surface area contributed by atoms with Gasteiger partial charge in [-0.3, -0.25) is 4.79 Å². The molecule has 3 N–H and O–H groups in total. The van der Waals surface area contributed by atoms with Crippen molar-refractivity contribution in [2.45, 2.75) is 24.3 Å². The van der Waals surface area contributed by atoms with Crippen LogP contribution in [-0.2, 0) is 19.6 Å². The first-order chi connectivity index (χ1) is 17.1. The average molecular weight is 574 g/mol. The number of amides is 1. The Morgan fingerprint density at radius 2 is 1.78 bits per heavy atom. The molecule has 0 saturated heterocycles. The summed E-state index contributed by atoms with van der Waals surface area (Å²) in [5.41, 5.74) is 4.59. The summed E-state index contributed by atoms with van der Waals surface area (Å²) < 4.78 is 34.1. The Hall–Kier alpha value is -3.54. The normalized spacial score (nSPS) is 12.3. The molecule has 9 nitrogen and oxygen atoms in total. The van der Waals surface area contributed by atoms with Crippen molar-refractivity contribution in [1.29, 1.82) is 0 Å². The van der Waals surface area contributed by atoms with Gasteiger partial charge in [0, 0.05) is 6.42 Å². The lowest BCUT2D eigenvalue weighted by Crippen LogP contribution is -2.32. The zero-order valence-corrected chi connectivity index (χ0v) is 21.6. The highest BCUT2D eigenvalue weighted by Gasteiger charge is 2.23. The maximum Gasteiger partial charge on any atom is 0.341 e. The maximum absolute atomic E-state index is 12.9. The lowest BCUT2D eigenvalue weighted by molar-refractivity contribution is -0.139. The number of ether oxygens (including phenoxy) is 1. The summed E-state index contributed by atoms with van der Waals surface area (Å²) in [5.74, 6) is -1.23. The van der Waals surface area contributed by atoms with Gasteiger partial charge in [-0.2, -0.15) is 5.10 Å². The van der Waals surface area contributed by atoms with E-state index in [1.807, 2.05) is 6.92 Å². The number of hydrazone groups is 1. The molecule has 0 spiro atoms. The van der Waals surface area contributed by atoms with Crippen molar-refractivity contribution in [2.75, 3.05) is 6.61 Å². The number of rotatable bonds is 11. The average Bonchev–Trinajstić information content (AvgIpc) is 2.83. The number of aryl methyl sites for hydroxylation is 1. The fraction of sp³-hybridized carbons (Fsp3) is 0.160. The van der Waals surface area contributed by atoms with Gasteiger partial charge in [0.2, 0.25) is 15.9 Å². The smallest absolute Gasteiger partial charge is 0.341 e. The van der Waals surface area contributed by atoms with Crippen LogP contribution in [-0.4, -0.2) is 38.2 Å². The summed E-state index contributed by atoms with van der Waals surface area (Å²) >= 11 is 3.30. The van der Waals surface area contributed by atoms with Crippen molar-refractivity contribution in [3.05, 3.63) is 94.0 Å². The highest BCUT2D eigenvalue weighted by atomic mass is 79.9. The Balaban J connectivity index is 1.67. The number of hydrogen-bond acceptors (Lipinski definition) is 6. The van der Waals surface area contributed by atoms with E-state index >= 15 is 0 Å². The van der Waals surface area contributed by atoms with Gasteiger partial charge in [0.25, 0.3) is 0 Å². The first-order valence-corrected chi connectivity index (χ1v) is 13.0. The highest BCUT2D eigenvalue weighted by Crippen LogP contribution is 2.25. The Labute approximate surface area is 217 Å².